The summed E-state index contributed by atoms with van der Waals surface area (Å²) in [7, 11) is 1.63. The zero-order valence-corrected chi connectivity index (χ0v) is 19.6. The number of hydrogen-bond acceptors (Lipinski definition) is 5. The third-order valence-corrected chi connectivity index (χ3v) is 7.09. The number of carboxylic acid groups (broad SMARTS) is 1. The Morgan fingerprint density at radius 1 is 1.06 bits per heavy atom. The molecule has 166 valence electrons. The van der Waals surface area contributed by atoms with Gasteiger partial charge in [0.05, 0.1) is 22.4 Å². The average Bonchev–Trinajstić information content (AvgIpc) is 3.26. The number of benzene rings is 2. The number of aryl methyl sites for hydroxylation is 1. The standard InChI is InChI=1S/C25H20N2O4S2/c1-26-23-21(14-20(33-23)5-3-4-16-8-12-19(32-2)13-9-16)22(28)27(25(26)31)15-17-6-10-18(11-7-17)24(29)30/h6-14H,4,15H2,1-2H3,(H,29,30). The molecule has 0 radical (unpaired) electrons. The van der Waals surface area contributed by atoms with E-state index in [-0.39, 0.29) is 17.7 Å². The summed E-state index contributed by atoms with van der Waals surface area (Å²) in [6, 6.07) is 16.1. The summed E-state index contributed by atoms with van der Waals surface area (Å²) in [6.07, 6.45) is 2.63. The molecule has 0 aliphatic rings. The number of rotatable bonds is 5. The monoisotopic (exact) mass is 476 g/mol. The zero-order valence-electron chi connectivity index (χ0n) is 18.0. The van der Waals surface area contributed by atoms with Crippen LogP contribution >= 0.6 is 23.1 Å². The van der Waals surface area contributed by atoms with Crippen molar-refractivity contribution in [1.82, 2.24) is 9.13 Å². The number of carboxylic acids is 1. The van der Waals surface area contributed by atoms with Crippen LogP contribution in [0.4, 0.5) is 0 Å². The first-order valence-corrected chi connectivity index (χ1v) is 12.1. The van der Waals surface area contributed by atoms with Crippen molar-refractivity contribution < 1.29 is 9.90 Å². The second-order valence-electron chi connectivity index (χ2n) is 7.39. The van der Waals surface area contributed by atoms with Crippen LogP contribution in [0.3, 0.4) is 0 Å². The maximum atomic E-state index is 13.1. The molecule has 2 heterocycles. The van der Waals surface area contributed by atoms with Crippen molar-refractivity contribution in [1.29, 1.82) is 0 Å². The number of aromatic carboxylic acids is 1. The lowest BCUT2D eigenvalue weighted by atomic mass is 10.1. The van der Waals surface area contributed by atoms with Crippen LogP contribution in [-0.4, -0.2) is 26.5 Å². The molecule has 33 heavy (non-hydrogen) atoms. The molecule has 2 aromatic heterocycles. The first kappa shape index (κ1) is 22.6. The minimum atomic E-state index is -1.03. The Balaban J connectivity index is 1.63. The molecule has 0 saturated carbocycles. The molecule has 0 amide bonds. The molecule has 2 aromatic carbocycles. The average molecular weight is 477 g/mol. The van der Waals surface area contributed by atoms with E-state index in [0.717, 1.165) is 15.0 Å². The highest BCUT2D eigenvalue weighted by atomic mass is 32.2. The molecular weight excluding hydrogens is 456 g/mol. The number of thioether (sulfide) groups is 1. The summed E-state index contributed by atoms with van der Waals surface area (Å²) in [4.78, 5) is 39.4. The zero-order chi connectivity index (χ0) is 23.5. The van der Waals surface area contributed by atoms with Crippen molar-refractivity contribution in [3.63, 3.8) is 0 Å². The van der Waals surface area contributed by atoms with E-state index < -0.39 is 11.7 Å². The van der Waals surface area contributed by atoms with E-state index in [2.05, 4.69) is 36.1 Å². The predicted molar refractivity (Wildman–Crippen MR) is 133 cm³/mol. The normalized spacial score (nSPS) is 10.7. The third-order valence-electron chi connectivity index (χ3n) is 5.22. The van der Waals surface area contributed by atoms with Gasteiger partial charge in [-0.2, -0.15) is 0 Å². The minimum Gasteiger partial charge on any atom is -0.478 e. The molecule has 0 atom stereocenters. The minimum absolute atomic E-state index is 0.0598. The maximum Gasteiger partial charge on any atom is 0.335 e. The fourth-order valence-corrected chi connectivity index (χ4v) is 4.78. The molecule has 4 aromatic rings. The Labute approximate surface area is 198 Å². The smallest absolute Gasteiger partial charge is 0.335 e. The lowest BCUT2D eigenvalue weighted by Gasteiger charge is -2.08. The predicted octanol–water partition coefficient (Wildman–Crippen LogP) is 3.82. The topological polar surface area (TPSA) is 81.3 Å². The quantitative estimate of drug-likeness (QED) is 0.350. The Morgan fingerprint density at radius 3 is 2.36 bits per heavy atom. The number of thiophene rings is 1. The molecule has 0 aliphatic carbocycles. The van der Waals surface area contributed by atoms with Gasteiger partial charge in [0.1, 0.15) is 4.83 Å². The lowest BCUT2D eigenvalue weighted by Crippen LogP contribution is -2.38. The third kappa shape index (κ3) is 4.80. The summed E-state index contributed by atoms with van der Waals surface area (Å²) >= 11 is 3.01. The van der Waals surface area contributed by atoms with Gasteiger partial charge in [-0.25, -0.2) is 9.59 Å². The van der Waals surface area contributed by atoms with E-state index in [4.69, 9.17) is 5.11 Å². The van der Waals surface area contributed by atoms with Crippen LogP contribution in [0.2, 0.25) is 0 Å². The van der Waals surface area contributed by atoms with Crippen molar-refractivity contribution in [2.45, 2.75) is 17.9 Å². The summed E-state index contributed by atoms with van der Waals surface area (Å²) in [5, 5.41) is 9.48. The molecule has 0 aliphatic heterocycles. The molecule has 0 unspecified atom stereocenters. The van der Waals surface area contributed by atoms with E-state index in [1.165, 1.54) is 32.9 Å². The molecule has 8 heteroatoms. The molecule has 6 nitrogen and oxygen atoms in total. The summed E-state index contributed by atoms with van der Waals surface area (Å²) in [5.74, 6) is 5.24. The van der Waals surface area contributed by atoms with E-state index >= 15 is 0 Å². The largest absolute Gasteiger partial charge is 0.478 e. The first-order chi connectivity index (χ1) is 15.9. The van der Waals surface area contributed by atoms with Gasteiger partial charge in [-0.05, 0) is 47.7 Å². The van der Waals surface area contributed by atoms with Crippen molar-refractivity contribution in [3.8, 4) is 11.8 Å². The van der Waals surface area contributed by atoms with Gasteiger partial charge in [-0.3, -0.25) is 13.9 Å². The van der Waals surface area contributed by atoms with Crippen molar-refractivity contribution >= 4 is 39.3 Å². The second kappa shape index (κ2) is 9.53. The van der Waals surface area contributed by atoms with Gasteiger partial charge in [-0.1, -0.05) is 36.1 Å². The lowest BCUT2D eigenvalue weighted by molar-refractivity contribution is 0.0697. The number of carbonyl (C=O) groups is 1. The Morgan fingerprint density at radius 2 is 1.73 bits per heavy atom. The van der Waals surface area contributed by atoms with Crippen LogP contribution in [-0.2, 0) is 20.0 Å². The SMILES string of the molecule is CSc1ccc(CC#Cc2cc3c(=O)n(Cc4ccc(C(=O)O)cc4)c(=O)n(C)c3s2)cc1. The van der Waals surface area contributed by atoms with E-state index in [9.17, 15) is 14.4 Å². The van der Waals surface area contributed by atoms with Crippen molar-refractivity contribution in [2.24, 2.45) is 7.05 Å². The number of hydrogen-bond donors (Lipinski definition) is 1. The van der Waals surface area contributed by atoms with Crippen molar-refractivity contribution in [2.75, 3.05) is 6.26 Å². The van der Waals surface area contributed by atoms with Crippen LogP contribution in [0.1, 0.15) is 26.4 Å². The van der Waals surface area contributed by atoms with Gasteiger partial charge >= 0.3 is 11.7 Å². The van der Waals surface area contributed by atoms with Gasteiger partial charge in [0.15, 0.2) is 0 Å². The highest BCUT2D eigenvalue weighted by Crippen LogP contribution is 2.21. The fraction of sp³-hybridized carbons (Fsp3) is 0.160. The van der Waals surface area contributed by atoms with Gasteiger partial charge in [0, 0.05) is 18.4 Å². The second-order valence-corrected chi connectivity index (χ2v) is 9.30. The van der Waals surface area contributed by atoms with Gasteiger partial charge in [-0.15, -0.1) is 23.1 Å². The molecule has 0 fully saturated rings. The summed E-state index contributed by atoms with van der Waals surface area (Å²) in [5.41, 5.74) is 1.12. The van der Waals surface area contributed by atoms with Crippen LogP contribution < -0.4 is 11.2 Å². The fourth-order valence-electron chi connectivity index (χ4n) is 3.40. The molecule has 0 spiro atoms. The highest BCUT2D eigenvalue weighted by molar-refractivity contribution is 7.98. The summed E-state index contributed by atoms with van der Waals surface area (Å²) in [6.45, 7) is 0.0598. The molecule has 1 N–H and O–H groups in total. The molecular formula is C25H20N2O4S2. The van der Waals surface area contributed by atoms with Crippen LogP contribution in [0.5, 0.6) is 0 Å². The van der Waals surface area contributed by atoms with Gasteiger partial charge < -0.3 is 5.11 Å². The van der Waals surface area contributed by atoms with E-state index in [1.807, 2.05) is 6.26 Å². The van der Waals surface area contributed by atoms with Crippen LogP contribution in [0, 0.1) is 11.8 Å². The van der Waals surface area contributed by atoms with Crippen LogP contribution in [0.15, 0.2) is 69.1 Å². The van der Waals surface area contributed by atoms with Crippen molar-refractivity contribution in [3.05, 3.63) is 97.0 Å². The molecule has 0 bridgehead atoms. The highest BCUT2D eigenvalue weighted by Gasteiger charge is 2.14. The summed E-state index contributed by atoms with van der Waals surface area (Å²) < 4.78 is 2.62. The molecule has 4 rings (SSSR count). The van der Waals surface area contributed by atoms with Crippen LogP contribution in [0.25, 0.3) is 10.2 Å². The number of nitrogens with zero attached hydrogens (tertiary/aromatic N) is 2. The number of fused-ring (bicyclic) bond motifs is 1. The number of aromatic nitrogens is 2. The van der Waals surface area contributed by atoms with Gasteiger partial charge in [0.25, 0.3) is 5.56 Å². The molecule has 0 saturated heterocycles. The van der Waals surface area contributed by atoms with E-state index in [0.29, 0.717) is 22.2 Å². The Hall–Kier alpha value is -3.54. The van der Waals surface area contributed by atoms with E-state index in [1.54, 1.807) is 37.0 Å². The maximum absolute atomic E-state index is 13.1. The first-order valence-electron chi connectivity index (χ1n) is 10.0. The Kier molecular flexibility index (Phi) is 6.54. The van der Waals surface area contributed by atoms with Gasteiger partial charge in [0.2, 0.25) is 0 Å². The Bertz CT molecular complexity index is 1520.